The number of amides is 2. The first-order valence-corrected chi connectivity index (χ1v) is 10.4. The van der Waals surface area contributed by atoms with Crippen molar-refractivity contribution in [2.75, 3.05) is 39.8 Å². The minimum atomic E-state index is -0.254. The molecule has 1 saturated heterocycles. The van der Waals surface area contributed by atoms with E-state index in [-0.39, 0.29) is 24.4 Å². The van der Waals surface area contributed by atoms with Gasteiger partial charge in [-0.1, -0.05) is 36.4 Å². The lowest BCUT2D eigenvalue weighted by Gasteiger charge is -2.34. The van der Waals surface area contributed by atoms with Crippen LogP contribution in [0.2, 0.25) is 0 Å². The second-order valence-corrected chi connectivity index (χ2v) is 8.32. The van der Waals surface area contributed by atoms with Crippen LogP contribution in [-0.4, -0.2) is 70.9 Å². The SMILES string of the molecule is CN1CCN(C(=O)CN2C(=O)c3ccccc3C2c2cn(C)c3ccccc23)CC1. The van der Waals surface area contributed by atoms with Crippen LogP contribution < -0.4 is 0 Å². The Hall–Kier alpha value is -3.12. The third-order valence-corrected chi connectivity index (χ3v) is 6.44. The van der Waals surface area contributed by atoms with Crippen molar-refractivity contribution in [3.63, 3.8) is 0 Å². The van der Waals surface area contributed by atoms with Gasteiger partial charge < -0.3 is 19.3 Å². The minimum absolute atomic E-state index is 0.0227. The van der Waals surface area contributed by atoms with E-state index in [9.17, 15) is 9.59 Å². The number of hydrogen-bond acceptors (Lipinski definition) is 3. The Bertz CT molecular complexity index is 1130. The summed E-state index contributed by atoms with van der Waals surface area (Å²) in [5.74, 6) is -0.0412. The summed E-state index contributed by atoms with van der Waals surface area (Å²) in [7, 11) is 4.09. The van der Waals surface area contributed by atoms with Gasteiger partial charge in [0.1, 0.15) is 6.54 Å². The predicted octanol–water partition coefficient (Wildman–Crippen LogP) is 2.50. The maximum Gasteiger partial charge on any atom is 0.255 e. The molecule has 1 atom stereocenters. The minimum Gasteiger partial charge on any atom is -0.350 e. The average Bonchev–Trinajstić information content (AvgIpc) is 3.23. The molecular weight excluding hydrogens is 376 g/mol. The molecule has 0 spiro atoms. The molecule has 6 nitrogen and oxygen atoms in total. The number of carbonyl (C=O) groups is 2. The first-order valence-electron chi connectivity index (χ1n) is 10.4. The fourth-order valence-corrected chi connectivity index (χ4v) is 4.76. The summed E-state index contributed by atoms with van der Waals surface area (Å²) in [6.07, 6.45) is 2.10. The lowest BCUT2D eigenvalue weighted by molar-refractivity contribution is -0.133. The van der Waals surface area contributed by atoms with E-state index < -0.39 is 0 Å². The Kier molecular flexibility index (Phi) is 4.59. The van der Waals surface area contributed by atoms with Crippen LogP contribution in [0.25, 0.3) is 10.9 Å². The molecule has 154 valence electrons. The Morgan fingerprint density at radius 3 is 2.43 bits per heavy atom. The van der Waals surface area contributed by atoms with Gasteiger partial charge >= 0.3 is 0 Å². The lowest BCUT2D eigenvalue weighted by atomic mass is 9.97. The van der Waals surface area contributed by atoms with Gasteiger partial charge in [-0.3, -0.25) is 9.59 Å². The van der Waals surface area contributed by atoms with Gasteiger partial charge in [0.15, 0.2) is 0 Å². The van der Waals surface area contributed by atoms with Crippen LogP contribution in [0.4, 0.5) is 0 Å². The summed E-state index contributed by atoms with van der Waals surface area (Å²) in [6.45, 7) is 3.26. The number of nitrogens with zero attached hydrogens (tertiary/aromatic N) is 4. The molecule has 0 N–H and O–H groups in total. The molecule has 0 bridgehead atoms. The van der Waals surface area contributed by atoms with Crippen LogP contribution in [0.5, 0.6) is 0 Å². The highest BCUT2D eigenvalue weighted by molar-refractivity contribution is 6.02. The first kappa shape index (κ1) is 18.9. The molecular formula is C24H26N4O2. The number of benzene rings is 2. The Morgan fingerprint density at radius 2 is 1.63 bits per heavy atom. The van der Waals surface area contributed by atoms with Gasteiger partial charge in [0.2, 0.25) is 5.91 Å². The molecule has 2 amide bonds. The van der Waals surface area contributed by atoms with Crippen molar-refractivity contribution < 1.29 is 9.59 Å². The van der Waals surface area contributed by atoms with Crippen LogP contribution in [0.3, 0.4) is 0 Å². The van der Waals surface area contributed by atoms with Gasteiger partial charge in [0.05, 0.1) is 6.04 Å². The van der Waals surface area contributed by atoms with Gasteiger partial charge in [-0.05, 0) is 24.7 Å². The van der Waals surface area contributed by atoms with Crippen molar-refractivity contribution >= 4 is 22.7 Å². The highest BCUT2D eigenvalue weighted by atomic mass is 16.2. The monoisotopic (exact) mass is 402 g/mol. The summed E-state index contributed by atoms with van der Waals surface area (Å²) in [5.41, 5.74) is 3.86. The third-order valence-electron chi connectivity index (χ3n) is 6.44. The number of piperazine rings is 1. The fourth-order valence-electron chi connectivity index (χ4n) is 4.76. The number of aromatic nitrogens is 1. The topological polar surface area (TPSA) is 48.8 Å². The zero-order valence-corrected chi connectivity index (χ0v) is 17.4. The molecule has 2 aliphatic heterocycles. The summed E-state index contributed by atoms with van der Waals surface area (Å²) < 4.78 is 2.09. The Balaban J connectivity index is 1.54. The molecule has 2 aromatic carbocycles. The van der Waals surface area contributed by atoms with Gasteiger partial charge in [0.25, 0.3) is 5.91 Å². The lowest BCUT2D eigenvalue weighted by Crippen LogP contribution is -2.50. The highest BCUT2D eigenvalue weighted by Gasteiger charge is 2.40. The van der Waals surface area contributed by atoms with Crippen LogP contribution in [-0.2, 0) is 11.8 Å². The zero-order valence-electron chi connectivity index (χ0n) is 17.4. The van der Waals surface area contributed by atoms with Crippen LogP contribution in [0.1, 0.15) is 27.5 Å². The van der Waals surface area contributed by atoms with E-state index in [4.69, 9.17) is 0 Å². The molecule has 1 unspecified atom stereocenters. The maximum absolute atomic E-state index is 13.3. The third kappa shape index (κ3) is 2.99. The fraction of sp³-hybridized carbons (Fsp3) is 0.333. The molecule has 2 aliphatic rings. The van der Waals surface area contributed by atoms with E-state index in [1.165, 1.54) is 0 Å². The molecule has 1 fully saturated rings. The van der Waals surface area contributed by atoms with Gasteiger partial charge in [-0.25, -0.2) is 0 Å². The zero-order chi connectivity index (χ0) is 20.8. The van der Waals surface area contributed by atoms with E-state index in [0.29, 0.717) is 18.7 Å². The predicted molar refractivity (Wildman–Crippen MR) is 116 cm³/mol. The first-order chi connectivity index (χ1) is 14.5. The van der Waals surface area contributed by atoms with Crippen LogP contribution in [0, 0.1) is 0 Å². The van der Waals surface area contributed by atoms with E-state index in [1.54, 1.807) is 4.90 Å². The van der Waals surface area contributed by atoms with Crippen molar-refractivity contribution in [3.05, 3.63) is 71.4 Å². The normalized spacial score (nSPS) is 19.5. The molecule has 6 heteroatoms. The number of para-hydroxylation sites is 1. The number of hydrogen-bond donors (Lipinski definition) is 0. The number of carbonyl (C=O) groups excluding carboxylic acids is 2. The highest BCUT2D eigenvalue weighted by Crippen LogP contribution is 2.41. The van der Waals surface area contributed by atoms with E-state index >= 15 is 0 Å². The summed E-state index contributed by atoms with van der Waals surface area (Å²) in [6, 6.07) is 15.7. The molecule has 0 aliphatic carbocycles. The molecule has 3 aromatic rings. The molecule has 0 saturated carbocycles. The van der Waals surface area contributed by atoms with Gasteiger partial charge in [-0.2, -0.15) is 0 Å². The Labute approximate surface area is 176 Å². The smallest absolute Gasteiger partial charge is 0.255 e. The molecule has 1 aromatic heterocycles. The number of fused-ring (bicyclic) bond motifs is 2. The standard InChI is InChI=1S/C24H26N4O2/c1-25-11-13-27(14-12-25)22(29)16-28-23(18-8-3-4-9-19(18)24(28)30)20-15-26(2)21-10-6-5-7-17(20)21/h3-10,15,23H,11-14,16H2,1-2H3. The second-order valence-electron chi connectivity index (χ2n) is 8.32. The van der Waals surface area contributed by atoms with E-state index in [0.717, 1.165) is 35.1 Å². The quantitative estimate of drug-likeness (QED) is 0.676. The summed E-state index contributed by atoms with van der Waals surface area (Å²) in [4.78, 5) is 32.3. The van der Waals surface area contributed by atoms with E-state index in [1.807, 2.05) is 48.3 Å². The number of aryl methyl sites for hydroxylation is 1. The number of likely N-dealkylation sites (N-methyl/N-ethyl adjacent to an activating group) is 1. The number of rotatable bonds is 3. The summed E-state index contributed by atoms with van der Waals surface area (Å²) >= 11 is 0. The van der Waals surface area contributed by atoms with Gasteiger partial charge in [-0.15, -0.1) is 0 Å². The van der Waals surface area contributed by atoms with Crippen molar-refractivity contribution in [3.8, 4) is 0 Å². The molecule has 0 radical (unpaired) electrons. The largest absolute Gasteiger partial charge is 0.350 e. The van der Waals surface area contributed by atoms with Crippen LogP contribution in [0.15, 0.2) is 54.7 Å². The van der Waals surface area contributed by atoms with Crippen LogP contribution >= 0.6 is 0 Å². The van der Waals surface area contributed by atoms with Crippen molar-refractivity contribution in [1.29, 1.82) is 0 Å². The average molecular weight is 402 g/mol. The van der Waals surface area contributed by atoms with Crippen molar-refractivity contribution in [2.24, 2.45) is 7.05 Å². The van der Waals surface area contributed by atoms with E-state index in [2.05, 4.69) is 34.8 Å². The van der Waals surface area contributed by atoms with Gasteiger partial charge in [0, 0.05) is 61.5 Å². The maximum atomic E-state index is 13.3. The second kappa shape index (κ2) is 7.29. The molecule has 3 heterocycles. The Morgan fingerprint density at radius 1 is 0.933 bits per heavy atom. The molecule has 5 rings (SSSR count). The molecule has 30 heavy (non-hydrogen) atoms. The van der Waals surface area contributed by atoms with Crippen molar-refractivity contribution in [1.82, 2.24) is 19.3 Å². The van der Waals surface area contributed by atoms with Crippen molar-refractivity contribution in [2.45, 2.75) is 6.04 Å². The summed E-state index contributed by atoms with van der Waals surface area (Å²) in [5, 5.41) is 1.12.